The summed E-state index contributed by atoms with van der Waals surface area (Å²) in [7, 11) is 3.93. The number of nitrogens with two attached hydrogens (primary N) is 1. The third-order valence-corrected chi connectivity index (χ3v) is 2.88. The molecule has 0 saturated carbocycles. The number of benzene rings is 1. The molecule has 2 N–H and O–H groups in total. The molecule has 2 aromatic rings. The number of anilines is 1. The number of likely N-dealkylation sites (N-methyl/N-ethyl adjacent to an activating group) is 1. The van der Waals surface area contributed by atoms with Gasteiger partial charge >= 0.3 is 0 Å². The van der Waals surface area contributed by atoms with Crippen LogP contribution in [0.1, 0.15) is 0 Å². The van der Waals surface area contributed by atoms with E-state index in [-0.39, 0.29) is 5.02 Å². The van der Waals surface area contributed by atoms with Crippen molar-refractivity contribution in [3.8, 4) is 0 Å². The number of fused-ring (bicyclic) bond motifs is 1. The summed E-state index contributed by atoms with van der Waals surface area (Å²) in [6, 6.07) is 2.87. The molecule has 0 aliphatic heterocycles. The predicted molar refractivity (Wildman–Crippen MR) is 67.7 cm³/mol. The van der Waals surface area contributed by atoms with E-state index in [2.05, 4.69) is 4.98 Å². The second-order valence-corrected chi connectivity index (χ2v) is 4.59. The van der Waals surface area contributed by atoms with Crippen LogP contribution in [-0.4, -0.2) is 35.1 Å². The van der Waals surface area contributed by atoms with Gasteiger partial charge in [-0.15, -0.1) is 0 Å². The van der Waals surface area contributed by atoms with Crippen LogP contribution < -0.4 is 5.73 Å². The summed E-state index contributed by atoms with van der Waals surface area (Å²) >= 11 is 5.70. The van der Waals surface area contributed by atoms with Gasteiger partial charge in [0, 0.05) is 19.2 Å². The molecule has 0 bridgehead atoms. The molecule has 92 valence electrons. The van der Waals surface area contributed by atoms with E-state index in [9.17, 15) is 4.39 Å². The van der Waals surface area contributed by atoms with Gasteiger partial charge < -0.3 is 15.2 Å². The lowest BCUT2D eigenvalue weighted by Crippen LogP contribution is -2.19. The molecule has 2 rings (SSSR count). The highest BCUT2D eigenvalue weighted by molar-refractivity contribution is 6.31. The maximum absolute atomic E-state index is 13.4. The van der Waals surface area contributed by atoms with Crippen LogP contribution >= 0.6 is 11.6 Å². The number of halogens is 2. The molecule has 0 saturated heterocycles. The Kier molecular flexibility index (Phi) is 3.22. The van der Waals surface area contributed by atoms with Crippen LogP contribution in [0, 0.1) is 5.82 Å². The molecule has 0 fully saturated rings. The standard InChI is InChI=1S/C11H14ClFN4/c1-16(2)3-4-17-10-6-8(13)7(12)5-9(10)15-11(17)14/h5-6H,3-4H2,1-2H3,(H2,14,15). The van der Waals surface area contributed by atoms with E-state index >= 15 is 0 Å². The van der Waals surface area contributed by atoms with E-state index in [0.29, 0.717) is 23.5 Å². The molecule has 0 amide bonds. The van der Waals surface area contributed by atoms with Crippen molar-refractivity contribution in [1.82, 2.24) is 14.5 Å². The highest BCUT2D eigenvalue weighted by atomic mass is 35.5. The van der Waals surface area contributed by atoms with Crippen LogP contribution in [0.15, 0.2) is 12.1 Å². The fourth-order valence-corrected chi connectivity index (χ4v) is 1.83. The van der Waals surface area contributed by atoms with E-state index < -0.39 is 5.82 Å². The summed E-state index contributed by atoms with van der Waals surface area (Å²) in [5.74, 6) is -0.0753. The Labute approximate surface area is 104 Å². The Morgan fingerprint density at radius 1 is 1.47 bits per heavy atom. The lowest BCUT2D eigenvalue weighted by atomic mass is 10.3. The minimum absolute atomic E-state index is 0.0646. The van der Waals surface area contributed by atoms with Crippen molar-refractivity contribution in [2.45, 2.75) is 6.54 Å². The van der Waals surface area contributed by atoms with Crippen LogP contribution in [-0.2, 0) is 6.54 Å². The van der Waals surface area contributed by atoms with E-state index in [1.165, 1.54) is 12.1 Å². The molecule has 0 spiro atoms. The Morgan fingerprint density at radius 3 is 2.82 bits per heavy atom. The zero-order chi connectivity index (χ0) is 12.6. The Hall–Kier alpha value is -1.33. The number of nitrogen functional groups attached to an aromatic ring is 1. The molecule has 6 heteroatoms. The first-order chi connectivity index (χ1) is 7.99. The second kappa shape index (κ2) is 4.50. The third-order valence-electron chi connectivity index (χ3n) is 2.59. The summed E-state index contributed by atoms with van der Waals surface area (Å²) in [6.07, 6.45) is 0. The molecule has 4 nitrogen and oxygen atoms in total. The topological polar surface area (TPSA) is 47.1 Å². The lowest BCUT2D eigenvalue weighted by Gasteiger charge is -2.11. The van der Waals surface area contributed by atoms with Gasteiger partial charge in [-0.1, -0.05) is 11.6 Å². The molecule has 0 atom stereocenters. The molecule has 0 aliphatic carbocycles. The van der Waals surface area contributed by atoms with Gasteiger partial charge in [0.05, 0.1) is 16.1 Å². The highest BCUT2D eigenvalue weighted by Crippen LogP contribution is 2.24. The first kappa shape index (κ1) is 12.1. The Morgan fingerprint density at radius 2 is 2.18 bits per heavy atom. The second-order valence-electron chi connectivity index (χ2n) is 4.18. The quantitative estimate of drug-likeness (QED) is 0.913. The van der Waals surface area contributed by atoms with Crippen molar-refractivity contribution < 1.29 is 4.39 Å². The summed E-state index contributed by atoms with van der Waals surface area (Å²) in [6.45, 7) is 1.47. The SMILES string of the molecule is CN(C)CCn1c(N)nc2cc(Cl)c(F)cc21. The number of hydrogen-bond acceptors (Lipinski definition) is 3. The van der Waals surface area contributed by atoms with E-state index in [0.717, 1.165) is 6.54 Å². The zero-order valence-electron chi connectivity index (χ0n) is 9.74. The molecule has 0 unspecified atom stereocenters. The summed E-state index contributed by atoms with van der Waals surface area (Å²) in [5.41, 5.74) is 7.10. The van der Waals surface area contributed by atoms with Crippen LogP contribution in [0.25, 0.3) is 11.0 Å². The van der Waals surface area contributed by atoms with Crippen molar-refractivity contribution in [2.75, 3.05) is 26.4 Å². The highest BCUT2D eigenvalue weighted by Gasteiger charge is 2.11. The largest absolute Gasteiger partial charge is 0.369 e. The van der Waals surface area contributed by atoms with Crippen molar-refractivity contribution >= 4 is 28.6 Å². The third kappa shape index (κ3) is 2.35. The van der Waals surface area contributed by atoms with Gasteiger partial charge in [-0.3, -0.25) is 0 Å². The van der Waals surface area contributed by atoms with Crippen LogP contribution in [0.5, 0.6) is 0 Å². The summed E-state index contributed by atoms with van der Waals surface area (Å²) in [4.78, 5) is 6.19. The van der Waals surface area contributed by atoms with Crippen molar-refractivity contribution in [3.05, 3.63) is 23.0 Å². The summed E-state index contributed by atoms with van der Waals surface area (Å²) in [5, 5.41) is 0.0646. The van der Waals surface area contributed by atoms with E-state index in [1.807, 2.05) is 19.0 Å². The monoisotopic (exact) mass is 256 g/mol. The van der Waals surface area contributed by atoms with Gasteiger partial charge in [-0.05, 0) is 20.2 Å². The van der Waals surface area contributed by atoms with Crippen molar-refractivity contribution in [3.63, 3.8) is 0 Å². The van der Waals surface area contributed by atoms with Crippen molar-refractivity contribution in [1.29, 1.82) is 0 Å². The van der Waals surface area contributed by atoms with Gasteiger partial charge in [0.1, 0.15) is 5.82 Å². The van der Waals surface area contributed by atoms with Crippen LogP contribution in [0.3, 0.4) is 0 Å². The van der Waals surface area contributed by atoms with Gasteiger partial charge in [-0.25, -0.2) is 9.37 Å². The number of hydrogen-bond donors (Lipinski definition) is 1. The molecule has 1 aromatic carbocycles. The number of aromatic nitrogens is 2. The Balaban J connectivity index is 2.47. The minimum Gasteiger partial charge on any atom is -0.369 e. The summed E-state index contributed by atoms with van der Waals surface area (Å²) < 4.78 is 15.2. The molecule has 0 aliphatic rings. The van der Waals surface area contributed by atoms with Gasteiger partial charge in [0.25, 0.3) is 0 Å². The normalized spacial score (nSPS) is 11.6. The molecular formula is C11H14ClFN4. The number of rotatable bonds is 3. The van der Waals surface area contributed by atoms with Gasteiger partial charge in [0.2, 0.25) is 5.95 Å². The molecule has 1 heterocycles. The van der Waals surface area contributed by atoms with E-state index in [4.69, 9.17) is 17.3 Å². The maximum atomic E-state index is 13.4. The average molecular weight is 257 g/mol. The van der Waals surface area contributed by atoms with Crippen LogP contribution in [0.4, 0.5) is 10.3 Å². The minimum atomic E-state index is -0.454. The molecular weight excluding hydrogens is 243 g/mol. The number of imidazole rings is 1. The fraction of sp³-hybridized carbons (Fsp3) is 0.364. The first-order valence-corrected chi connectivity index (χ1v) is 5.62. The molecule has 1 aromatic heterocycles. The van der Waals surface area contributed by atoms with Crippen molar-refractivity contribution in [2.24, 2.45) is 0 Å². The maximum Gasteiger partial charge on any atom is 0.201 e. The number of nitrogens with zero attached hydrogens (tertiary/aromatic N) is 3. The van der Waals surface area contributed by atoms with Gasteiger partial charge in [0.15, 0.2) is 0 Å². The molecule has 17 heavy (non-hydrogen) atoms. The molecule has 0 radical (unpaired) electrons. The Bertz CT molecular complexity index is 550. The lowest BCUT2D eigenvalue weighted by molar-refractivity contribution is 0.387. The zero-order valence-corrected chi connectivity index (χ0v) is 10.5. The van der Waals surface area contributed by atoms with E-state index in [1.54, 1.807) is 4.57 Å². The first-order valence-electron chi connectivity index (χ1n) is 5.24. The van der Waals surface area contributed by atoms with Crippen LogP contribution in [0.2, 0.25) is 5.02 Å². The average Bonchev–Trinajstić information content (AvgIpc) is 2.52. The fourth-order valence-electron chi connectivity index (χ4n) is 1.67. The predicted octanol–water partition coefficient (Wildman–Crippen LogP) is 1.97. The smallest absolute Gasteiger partial charge is 0.201 e. The van der Waals surface area contributed by atoms with Gasteiger partial charge in [-0.2, -0.15) is 0 Å².